The number of morpholine rings is 1. The summed E-state index contributed by atoms with van der Waals surface area (Å²) in [7, 11) is 3.34. The molecule has 1 aromatic heterocycles. The zero-order valence-corrected chi connectivity index (χ0v) is 20.8. The normalized spacial score (nSPS) is 13.1. The van der Waals surface area contributed by atoms with Crippen molar-refractivity contribution >= 4 is 29.3 Å². The first-order chi connectivity index (χ1) is 18.1. The van der Waals surface area contributed by atoms with Crippen LogP contribution in [0.25, 0.3) is 11.4 Å². The van der Waals surface area contributed by atoms with E-state index in [9.17, 15) is 9.59 Å². The molecule has 194 valence electrons. The minimum Gasteiger partial charge on any atom is -0.467 e. The van der Waals surface area contributed by atoms with Gasteiger partial charge in [-0.05, 0) is 55.6 Å². The number of likely N-dealkylation sites (N-methyl/N-ethyl adjacent to an activating group) is 1. The van der Waals surface area contributed by atoms with Gasteiger partial charge in [0.1, 0.15) is 0 Å². The summed E-state index contributed by atoms with van der Waals surface area (Å²) in [6.45, 7) is 3.83. The van der Waals surface area contributed by atoms with Crippen LogP contribution in [0.1, 0.15) is 10.4 Å². The molecule has 2 heterocycles. The highest BCUT2D eigenvalue weighted by atomic mass is 16.5. The Morgan fingerprint density at radius 2 is 1.57 bits per heavy atom. The zero-order chi connectivity index (χ0) is 26.0. The van der Waals surface area contributed by atoms with Gasteiger partial charge < -0.3 is 35.6 Å². The average molecular weight is 507 g/mol. The summed E-state index contributed by atoms with van der Waals surface area (Å²) in [5.41, 5.74) is 2.43. The highest BCUT2D eigenvalue weighted by molar-refractivity contribution is 6.00. The molecule has 4 rings (SSSR count). The van der Waals surface area contributed by atoms with E-state index < -0.39 is 6.03 Å². The maximum atomic E-state index is 12.5. The second kappa shape index (κ2) is 12.6. The maximum absolute atomic E-state index is 12.5. The first-order valence-corrected chi connectivity index (χ1v) is 11.9. The molecule has 1 saturated heterocycles. The van der Waals surface area contributed by atoms with E-state index in [1.54, 1.807) is 36.4 Å². The van der Waals surface area contributed by atoms with Crippen molar-refractivity contribution in [1.82, 2.24) is 25.6 Å². The van der Waals surface area contributed by atoms with Crippen molar-refractivity contribution in [3.63, 3.8) is 0 Å². The summed E-state index contributed by atoms with van der Waals surface area (Å²) in [6, 6.07) is 13.6. The Morgan fingerprint density at radius 1 is 0.919 bits per heavy atom. The molecule has 0 aliphatic carbocycles. The molecule has 12 nitrogen and oxygen atoms in total. The van der Waals surface area contributed by atoms with E-state index in [0.29, 0.717) is 68.1 Å². The van der Waals surface area contributed by atoms with Crippen LogP contribution in [-0.4, -0.2) is 80.4 Å². The van der Waals surface area contributed by atoms with Crippen molar-refractivity contribution in [1.29, 1.82) is 0 Å². The molecule has 3 aromatic rings. The van der Waals surface area contributed by atoms with Crippen molar-refractivity contribution in [2.45, 2.75) is 0 Å². The summed E-state index contributed by atoms with van der Waals surface area (Å²) >= 11 is 0. The van der Waals surface area contributed by atoms with Crippen molar-refractivity contribution in [3.8, 4) is 17.4 Å². The number of urea groups is 1. The van der Waals surface area contributed by atoms with Crippen LogP contribution < -0.4 is 30.9 Å². The topological polar surface area (TPSA) is 143 Å². The molecule has 0 atom stereocenters. The molecule has 2 aromatic carbocycles. The van der Waals surface area contributed by atoms with Crippen LogP contribution in [0.2, 0.25) is 0 Å². The van der Waals surface area contributed by atoms with E-state index in [4.69, 9.17) is 9.47 Å². The highest BCUT2D eigenvalue weighted by Crippen LogP contribution is 2.23. The summed E-state index contributed by atoms with van der Waals surface area (Å²) in [6.07, 6.45) is 0. The van der Waals surface area contributed by atoms with Gasteiger partial charge in [0, 0.05) is 48.7 Å². The third kappa shape index (κ3) is 7.12. The van der Waals surface area contributed by atoms with Crippen molar-refractivity contribution < 1.29 is 19.1 Å². The molecule has 0 bridgehead atoms. The number of nitrogens with zero attached hydrogens (tertiary/aromatic N) is 4. The van der Waals surface area contributed by atoms with Gasteiger partial charge >= 0.3 is 12.0 Å². The lowest BCUT2D eigenvalue weighted by atomic mass is 10.2. The molecule has 12 heteroatoms. The van der Waals surface area contributed by atoms with Gasteiger partial charge in [-0.25, -0.2) is 4.79 Å². The standard InChI is InChI=1S/C25H30N8O4/c1-26-11-12-27-22(34)18-5-9-20(10-6-18)29-24(35)28-19-7-3-17(4-8-19)21-30-23(32-25(31-21)36-2)33-13-15-37-16-14-33/h3-10,26H,11-16H2,1-2H3,(H,27,34)(H2,28,29,35). The number of carbonyl (C=O) groups is 2. The SMILES string of the molecule is CNCCNC(=O)c1ccc(NC(=O)Nc2ccc(-c3nc(OC)nc(N4CCOCC4)n3)cc2)cc1. The van der Waals surface area contributed by atoms with E-state index in [1.165, 1.54) is 7.11 Å². The van der Waals surface area contributed by atoms with E-state index in [-0.39, 0.29) is 11.9 Å². The maximum Gasteiger partial charge on any atom is 0.323 e. The van der Waals surface area contributed by atoms with Crippen LogP contribution in [-0.2, 0) is 4.74 Å². The predicted molar refractivity (Wildman–Crippen MR) is 140 cm³/mol. The molecule has 0 radical (unpaired) electrons. The van der Waals surface area contributed by atoms with E-state index in [1.807, 2.05) is 24.1 Å². The number of methoxy groups -OCH3 is 1. The fraction of sp³-hybridized carbons (Fsp3) is 0.320. The van der Waals surface area contributed by atoms with Gasteiger partial charge in [-0.3, -0.25) is 4.79 Å². The number of amides is 3. The van der Waals surface area contributed by atoms with Crippen LogP contribution in [0, 0.1) is 0 Å². The van der Waals surface area contributed by atoms with Crippen LogP contribution in [0.5, 0.6) is 6.01 Å². The van der Waals surface area contributed by atoms with Crippen molar-refractivity contribution in [2.24, 2.45) is 0 Å². The van der Waals surface area contributed by atoms with Gasteiger partial charge in [0.15, 0.2) is 5.82 Å². The Kier molecular flexibility index (Phi) is 8.79. The molecule has 37 heavy (non-hydrogen) atoms. The van der Waals surface area contributed by atoms with Gasteiger partial charge in [0.2, 0.25) is 5.95 Å². The third-order valence-corrected chi connectivity index (χ3v) is 5.55. The summed E-state index contributed by atoms with van der Waals surface area (Å²) in [5, 5.41) is 11.3. The quantitative estimate of drug-likeness (QED) is 0.320. The van der Waals surface area contributed by atoms with E-state index in [0.717, 1.165) is 5.56 Å². The van der Waals surface area contributed by atoms with Crippen molar-refractivity contribution in [2.75, 3.05) is 69.1 Å². The Morgan fingerprint density at radius 3 is 2.19 bits per heavy atom. The number of hydrogen-bond acceptors (Lipinski definition) is 9. The van der Waals surface area contributed by atoms with E-state index >= 15 is 0 Å². The highest BCUT2D eigenvalue weighted by Gasteiger charge is 2.17. The number of benzene rings is 2. The van der Waals surface area contributed by atoms with Gasteiger partial charge in [-0.2, -0.15) is 15.0 Å². The molecule has 0 spiro atoms. The molecule has 3 amide bonds. The first-order valence-electron chi connectivity index (χ1n) is 11.9. The largest absolute Gasteiger partial charge is 0.467 e. The van der Waals surface area contributed by atoms with Gasteiger partial charge in [-0.15, -0.1) is 0 Å². The number of nitrogens with one attached hydrogen (secondary N) is 4. The molecule has 1 fully saturated rings. The molecular formula is C25H30N8O4. The first kappa shape index (κ1) is 25.8. The van der Waals surface area contributed by atoms with Crippen LogP contribution >= 0.6 is 0 Å². The summed E-state index contributed by atoms with van der Waals surface area (Å²) in [5.74, 6) is 0.840. The van der Waals surface area contributed by atoms with E-state index in [2.05, 4.69) is 36.2 Å². The van der Waals surface area contributed by atoms with Crippen LogP contribution in [0.15, 0.2) is 48.5 Å². The monoisotopic (exact) mass is 506 g/mol. The molecule has 4 N–H and O–H groups in total. The summed E-state index contributed by atoms with van der Waals surface area (Å²) < 4.78 is 10.7. The minimum absolute atomic E-state index is 0.167. The zero-order valence-electron chi connectivity index (χ0n) is 20.8. The lowest BCUT2D eigenvalue weighted by Gasteiger charge is -2.26. The number of hydrogen-bond donors (Lipinski definition) is 4. The van der Waals surface area contributed by atoms with Crippen molar-refractivity contribution in [3.05, 3.63) is 54.1 Å². The summed E-state index contributed by atoms with van der Waals surface area (Å²) in [4.78, 5) is 39.9. The third-order valence-electron chi connectivity index (χ3n) is 5.55. The molecule has 1 aliphatic heterocycles. The molecular weight excluding hydrogens is 476 g/mol. The fourth-order valence-electron chi connectivity index (χ4n) is 3.58. The van der Waals surface area contributed by atoms with Crippen LogP contribution in [0.3, 0.4) is 0 Å². The molecule has 0 saturated carbocycles. The Bertz CT molecular complexity index is 1200. The number of ether oxygens (including phenoxy) is 2. The number of anilines is 3. The predicted octanol–water partition coefficient (Wildman–Crippen LogP) is 1.98. The molecule has 1 aliphatic rings. The lowest BCUT2D eigenvalue weighted by molar-refractivity contribution is 0.0954. The van der Waals surface area contributed by atoms with Gasteiger partial charge in [-0.1, -0.05) is 0 Å². The minimum atomic E-state index is -0.407. The Hall–Kier alpha value is -4.29. The van der Waals surface area contributed by atoms with Gasteiger partial charge in [0.05, 0.1) is 20.3 Å². The molecule has 0 unspecified atom stereocenters. The second-order valence-electron chi connectivity index (χ2n) is 8.14. The smallest absolute Gasteiger partial charge is 0.323 e. The average Bonchev–Trinajstić information content (AvgIpc) is 2.94. The van der Waals surface area contributed by atoms with Crippen LogP contribution in [0.4, 0.5) is 22.1 Å². The Labute approximate surface area is 214 Å². The number of carbonyl (C=O) groups excluding carboxylic acids is 2. The number of rotatable bonds is 9. The Balaban J connectivity index is 1.36. The number of aromatic nitrogens is 3. The fourth-order valence-corrected chi connectivity index (χ4v) is 3.58. The van der Waals surface area contributed by atoms with Gasteiger partial charge in [0.25, 0.3) is 5.91 Å². The second-order valence-corrected chi connectivity index (χ2v) is 8.14. The lowest BCUT2D eigenvalue weighted by Crippen LogP contribution is -2.37.